The molecule has 0 aliphatic carbocycles. The maximum atomic E-state index is 11.8. The van der Waals surface area contributed by atoms with Crippen LogP contribution in [-0.4, -0.2) is 53.1 Å². The molecule has 6 nitrogen and oxygen atoms in total. The number of aromatic nitrogens is 2. The number of fused-ring (bicyclic) bond motifs is 1. The summed E-state index contributed by atoms with van der Waals surface area (Å²) in [5.74, 6) is 0.690. The average Bonchev–Trinajstić information content (AvgIpc) is 2.87. The Morgan fingerprint density at radius 1 is 1.42 bits per heavy atom. The molecule has 1 saturated heterocycles. The van der Waals surface area contributed by atoms with Gasteiger partial charge in [-0.1, -0.05) is 0 Å². The molecule has 7 heteroatoms. The molecule has 0 saturated carbocycles. The quantitative estimate of drug-likeness (QED) is 0.842. The SMILES string of the molecule is CN1CCN(NCc2nc3ccsc3c(=O)[nH]2)CC1. The van der Waals surface area contributed by atoms with Crippen LogP contribution in [0.25, 0.3) is 10.2 Å². The van der Waals surface area contributed by atoms with E-state index in [1.54, 1.807) is 0 Å². The highest BCUT2D eigenvalue weighted by molar-refractivity contribution is 7.17. The Labute approximate surface area is 115 Å². The van der Waals surface area contributed by atoms with Gasteiger partial charge in [-0.15, -0.1) is 11.3 Å². The molecule has 3 heterocycles. The Kier molecular flexibility index (Phi) is 3.61. The molecular formula is C12H17N5OS. The minimum atomic E-state index is -0.0461. The fourth-order valence-corrected chi connectivity index (χ4v) is 2.88. The van der Waals surface area contributed by atoms with Gasteiger partial charge in [0.2, 0.25) is 0 Å². The van der Waals surface area contributed by atoms with Crippen molar-refractivity contribution in [3.8, 4) is 0 Å². The summed E-state index contributed by atoms with van der Waals surface area (Å²) in [6, 6.07) is 1.88. The summed E-state index contributed by atoms with van der Waals surface area (Å²) in [5.41, 5.74) is 4.06. The summed E-state index contributed by atoms with van der Waals surface area (Å²) < 4.78 is 0.698. The molecule has 0 radical (unpaired) electrons. The topological polar surface area (TPSA) is 64.3 Å². The molecule has 1 aliphatic heterocycles. The second-order valence-electron chi connectivity index (χ2n) is 4.77. The highest BCUT2D eigenvalue weighted by Gasteiger charge is 2.13. The lowest BCUT2D eigenvalue weighted by Gasteiger charge is -2.32. The molecular weight excluding hydrogens is 262 g/mol. The summed E-state index contributed by atoms with van der Waals surface area (Å²) in [6.45, 7) is 4.65. The Morgan fingerprint density at radius 3 is 3.00 bits per heavy atom. The standard InChI is InChI=1S/C12H17N5OS/c1-16-3-5-17(6-4-16)13-8-10-14-9-2-7-19-11(9)12(18)15-10/h2,7,13H,3-6,8H2,1H3,(H,14,15,18). The largest absolute Gasteiger partial charge is 0.308 e. The number of hydrazine groups is 1. The van der Waals surface area contributed by atoms with E-state index in [0.29, 0.717) is 17.1 Å². The van der Waals surface area contributed by atoms with Gasteiger partial charge in [0.05, 0.1) is 12.1 Å². The summed E-state index contributed by atoms with van der Waals surface area (Å²) in [4.78, 5) is 21.4. The number of aromatic amines is 1. The third-order valence-electron chi connectivity index (χ3n) is 3.34. The zero-order valence-corrected chi connectivity index (χ0v) is 11.7. The van der Waals surface area contributed by atoms with Crippen molar-refractivity contribution in [2.24, 2.45) is 0 Å². The minimum absolute atomic E-state index is 0.0461. The van der Waals surface area contributed by atoms with Crippen molar-refractivity contribution in [2.75, 3.05) is 33.2 Å². The first-order valence-electron chi connectivity index (χ1n) is 6.36. The number of thiophene rings is 1. The van der Waals surface area contributed by atoms with Crippen molar-refractivity contribution < 1.29 is 0 Å². The van der Waals surface area contributed by atoms with Crippen LogP contribution in [0.2, 0.25) is 0 Å². The van der Waals surface area contributed by atoms with E-state index >= 15 is 0 Å². The molecule has 19 heavy (non-hydrogen) atoms. The van der Waals surface area contributed by atoms with E-state index in [1.807, 2.05) is 11.4 Å². The van der Waals surface area contributed by atoms with Crippen LogP contribution in [0.15, 0.2) is 16.2 Å². The van der Waals surface area contributed by atoms with Gasteiger partial charge in [0.15, 0.2) is 0 Å². The zero-order chi connectivity index (χ0) is 13.2. The normalized spacial score (nSPS) is 18.2. The Bertz CT molecular complexity index is 614. The van der Waals surface area contributed by atoms with Gasteiger partial charge in [-0.05, 0) is 18.5 Å². The van der Waals surface area contributed by atoms with E-state index in [2.05, 4.69) is 32.4 Å². The predicted octanol–water partition coefficient (Wildman–Crippen LogP) is 0.237. The molecule has 0 bridgehead atoms. The number of likely N-dealkylation sites (N-methyl/N-ethyl adjacent to an activating group) is 1. The second-order valence-corrected chi connectivity index (χ2v) is 5.69. The van der Waals surface area contributed by atoms with Gasteiger partial charge in [-0.3, -0.25) is 4.79 Å². The lowest BCUT2D eigenvalue weighted by molar-refractivity contribution is 0.101. The number of hydrogen-bond acceptors (Lipinski definition) is 6. The van der Waals surface area contributed by atoms with Gasteiger partial charge in [0, 0.05) is 26.2 Å². The second kappa shape index (κ2) is 5.38. The number of rotatable bonds is 3. The van der Waals surface area contributed by atoms with Crippen LogP contribution in [0.4, 0.5) is 0 Å². The van der Waals surface area contributed by atoms with Crippen molar-refractivity contribution in [3.63, 3.8) is 0 Å². The highest BCUT2D eigenvalue weighted by Crippen LogP contribution is 2.13. The third-order valence-corrected chi connectivity index (χ3v) is 4.24. The van der Waals surface area contributed by atoms with Crippen LogP contribution < -0.4 is 11.0 Å². The number of piperazine rings is 1. The maximum absolute atomic E-state index is 11.8. The summed E-state index contributed by atoms with van der Waals surface area (Å²) in [6.07, 6.45) is 0. The van der Waals surface area contributed by atoms with E-state index in [-0.39, 0.29) is 5.56 Å². The smallest absolute Gasteiger partial charge is 0.268 e. The Balaban J connectivity index is 1.66. The molecule has 2 aromatic rings. The fraction of sp³-hybridized carbons (Fsp3) is 0.500. The van der Waals surface area contributed by atoms with Crippen molar-refractivity contribution in [3.05, 3.63) is 27.6 Å². The van der Waals surface area contributed by atoms with Crippen LogP contribution in [0.3, 0.4) is 0 Å². The van der Waals surface area contributed by atoms with E-state index in [0.717, 1.165) is 31.7 Å². The summed E-state index contributed by atoms with van der Waals surface area (Å²) >= 11 is 1.43. The average molecular weight is 279 g/mol. The molecule has 2 N–H and O–H groups in total. The third kappa shape index (κ3) is 2.84. The van der Waals surface area contributed by atoms with Crippen LogP contribution in [0, 0.1) is 0 Å². The highest BCUT2D eigenvalue weighted by atomic mass is 32.1. The summed E-state index contributed by atoms with van der Waals surface area (Å²) in [5, 5.41) is 4.07. The van der Waals surface area contributed by atoms with Crippen LogP contribution >= 0.6 is 11.3 Å². The summed E-state index contributed by atoms with van der Waals surface area (Å²) in [7, 11) is 2.13. The molecule has 3 rings (SSSR count). The first-order valence-corrected chi connectivity index (χ1v) is 7.24. The predicted molar refractivity (Wildman–Crippen MR) is 76.2 cm³/mol. The van der Waals surface area contributed by atoms with Gasteiger partial charge >= 0.3 is 0 Å². The van der Waals surface area contributed by atoms with Crippen LogP contribution in [-0.2, 0) is 6.54 Å². The van der Waals surface area contributed by atoms with Gasteiger partial charge in [0.1, 0.15) is 10.5 Å². The molecule has 0 amide bonds. The lowest BCUT2D eigenvalue weighted by atomic mass is 10.4. The molecule has 2 aromatic heterocycles. The van der Waals surface area contributed by atoms with E-state index < -0.39 is 0 Å². The number of H-pyrrole nitrogens is 1. The minimum Gasteiger partial charge on any atom is -0.308 e. The molecule has 102 valence electrons. The molecule has 1 aliphatic rings. The Hall–Kier alpha value is -1.28. The maximum Gasteiger partial charge on any atom is 0.268 e. The van der Waals surface area contributed by atoms with Crippen molar-refractivity contribution in [1.82, 2.24) is 25.3 Å². The van der Waals surface area contributed by atoms with Crippen LogP contribution in [0.1, 0.15) is 5.82 Å². The van der Waals surface area contributed by atoms with Crippen molar-refractivity contribution in [2.45, 2.75) is 6.54 Å². The first-order chi connectivity index (χ1) is 9.22. The number of hydrogen-bond donors (Lipinski definition) is 2. The molecule has 0 aromatic carbocycles. The zero-order valence-electron chi connectivity index (χ0n) is 10.8. The van der Waals surface area contributed by atoms with E-state index in [4.69, 9.17) is 0 Å². The van der Waals surface area contributed by atoms with E-state index in [1.165, 1.54) is 11.3 Å². The van der Waals surface area contributed by atoms with Gasteiger partial charge in [-0.2, -0.15) is 0 Å². The lowest BCUT2D eigenvalue weighted by Crippen LogP contribution is -2.50. The molecule has 0 unspecified atom stereocenters. The van der Waals surface area contributed by atoms with E-state index in [9.17, 15) is 4.79 Å². The van der Waals surface area contributed by atoms with Crippen LogP contribution in [0.5, 0.6) is 0 Å². The fourth-order valence-electron chi connectivity index (χ4n) is 2.16. The van der Waals surface area contributed by atoms with Crippen molar-refractivity contribution >= 4 is 21.6 Å². The van der Waals surface area contributed by atoms with Crippen molar-refractivity contribution in [1.29, 1.82) is 0 Å². The van der Waals surface area contributed by atoms with Gasteiger partial charge in [0.25, 0.3) is 5.56 Å². The monoisotopic (exact) mass is 279 g/mol. The Morgan fingerprint density at radius 2 is 2.21 bits per heavy atom. The number of nitrogens with one attached hydrogen (secondary N) is 2. The number of nitrogens with zero attached hydrogens (tertiary/aromatic N) is 3. The molecule has 0 spiro atoms. The first kappa shape index (κ1) is 12.7. The van der Waals surface area contributed by atoms with Gasteiger partial charge < -0.3 is 9.88 Å². The molecule has 0 atom stereocenters. The molecule has 1 fully saturated rings. The van der Waals surface area contributed by atoms with Gasteiger partial charge in [-0.25, -0.2) is 15.4 Å².